The second-order valence-corrected chi connectivity index (χ2v) is 3.76. The average Bonchev–Trinajstić information content (AvgIpc) is 2.17. The first kappa shape index (κ1) is 11.2. The van der Waals surface area contributed by atoms with Crippen LogP contribution < -0.4 is 0 Å². The van der Waals surface area contributed by atoms with Crippen LogP contribution in [0.5, 0.6) is 0 Å². The number of rotatable bonds is 5. The lowest BCUT2D eigenvalue weighted by molar-refractivity contribution is -0.120. The Balaban J connectivity index is 2.38. The zero-order valence-electron chi connectivity index (χ0n) is 7.83. The van der Waals surface area contributed by atoms with E-state index in [1.54, 1.807) is 12.1 Å². The number of thioether (sulfide) groups is 1. The fourth-order valence-electron chi connectivity index (χ4n) is 0.897. The van der Waals surface area contributed by atoms with Crippen molar-refractivity contribution in [3.05, 3.63) is 30.1 Å². The topological polar surface area (TPSA) is 26.3 Å². The number of carbonyl (C=O) groups excluding carboxylic acids is 1. The molecule has 0 fully saturated rings. The fourth-order valence-corrected chi connectivity index (χ4v) is 1.64. The Labute approximate surface area is 86.5 Å². The number of ether oxygens (including phenoxy) is 1. The second kappa shape index (κ2) is 5.78. The molecule has 0 heterocycles. The van der Waals surface area contributed by atoms with Gasteiger partial charge < -0.3 is 4.74 Å². The standard InChI is InChI=1S/C10H11FO2S/c1-13-6-9(12)7-14-10-4-2-8(11)3-5-10/h2-5H,6-7H2,1H3. The predicted molar refractivity (Wildman–Crippen MR) is 54.0 cm³/mol. The van der Waals surface area contributed by atoms with Gasteiger partial charge in [-0.25, -0.2) is 4.39 Å². The average molecular weight is 214 g/mol. The molecule has 0 aliphatic carbocycles. The molecule has 0 aliphatic heterocycles. The number of ketones is 1. The maximum absolute atomic E-state index is 12.5. The summed E-state index contributed by atoms with van der Waals surface area (Å²) in [5.74, 6) is 0.124. The first-order chi connectivity index (χ1) is 6.72. The minimum Gasteiger partial charge on any atom is -0.377 e. The van der Waals surface area contributed by atoms with Gasteiger partial charge in [0.1, 0.15) is 12.4 Å². The number of hydrogen-bond acceptors (Lipinski definition) is 3. The van der Waals surface area contributed by atoms with E-state index in [1.165, 1.54) is 31.0 Å². The molecule has 2 nitrogen and oxygen atoms in total. The van der Waals surface area contributed by atoms with Crippen LogP contribution in [0.2, 0.25) is 0 Å². The van der Waals surface area contributed by atoms with Crippen LogP contribution >= 0.6 is 11.8 Å². The number of benzene rings is 1. The summed E-state index contributed by atoms with van der Waals surface area (Å²) in [5.41, 5.74) is 0. The van der Waals surface area contributed by atoms with E-state index in [0.29, 0.717) is 5.75 Å². The summed E-state index contributed by atoms with van der Waals surface area (Å²) < 4.78 is 17.2. The third-order valence-electron chi connectivity index (χ3n) is 1.52. The molecule has 0 amide bonds. The quantitative estimate of drug-likeness (QED) is 0.702. The molecule has 0 saturated heterocycles. The van der Waals surface area contributed by atoms with Crippen LogP contribution in [0.15, 0.2) is 29.2 Å². The van der Waals surface area contributed by atoms with Gasteiger partial charge in [0.2, 0.25) is 0 Å². The van der Waals surface area contributed by atoms with Gasteiger partial charge in [0.15, 0.2) is 5.78 Å². The van der Waals surface area contributed by atoms with Crippen molar-refractivity contribution in [1.29, 1.82) is 0 Å². The molecule has 14 heavy (non-hydrogen) atoms. The van der Waals surface area contributed by atoms with Crippen molar-refractivity contribution in [2.45, 2.75) is 4.90 Å². The maximum atomic E-state index is 12.5. The summed E-state index contributed by atoms with van der Waals surface area (Å²) >= 11 is 1.38. The van der Waals surface area contributed by atoms with Crippen molar-refractivity contribution < 1.29 is 13.9 Å². The van der Waals surface area contributed by atoms with Gasteiger partial charge in [0, 0.05) is 12.0 Å². The first-order valence-corrected chi connectivity index (χ1v) is 5.10. The molecule has 0 spiro atoms. The van der Waals surface area contributed by atoms with Crippen LogP contribution in [0.4, 0.5) is 4.39 Å². The summed E-state index contributed by atoms with van der Waals surface area (Å²) in [6, 6.07) is 6.06. The molecular weight excluding hydrogens is 203 g/mol. The highest BCUT2D eigenvalue weighted by molar-refractivity contribution is 8.00. The van der Waals surface area contributed by atoms with E-state index in [0.717, 1.165) is 4.90 Å². The molecule has 0 unspecified atom stereocenters. The van der Waals surface area contributed by atoms with E-state index in [9.17, 15) is 9.18 Å². The first-order valence-electron chi connectivity index (χ1n) is 4.11. The summed E-state index contributed by atoms with van der Waals surface area (Å²) in [6.45, 7) is 0.133. The highest BCUT2D eigenvalue weighted by Gasteiger charge is 2.02. The van der Waals surface area contributed by atoms with Gasteiger partial charge in [0.05, 0.1) is 5.75 Å². The summed E-state index contributed by atoms with van der Waals surface area (Å²) in [6.07, 6.45) is 0. The number of Topliss-reactive ketones (excluding diaryl/α,β-unsaturated/α-hetero) is 1. The van der Waals surface area contributed by atoms with E-state index >= 15 is 0 Å². The smallest absolute Gasteiger partial charge is 0.168 e. The van der Waals surface area contributed by atoms with E-state index in [4.69, 9.17) is 0 Å². The number of halogens is 1. The summed E-state index contributed by atoms with van der Waals surface area (Å²) in [5, 5.41) is 0. The molecule has 1 rings (SSSR count). The van der Waals surface area contributed by atoms with Crippen molar-refractivity contribution in [2.75, 3.05) is 19.5 Å². The van der Waals surface area contributed by atoms with Crippen LogP contribution in [0.1, 0.15) is 0 Å². The lowest BCUT2D eigenvalue weighted by Crippen LogP contribution is -2.08. The van der Waals surface area contributed by atoms with E-state index < -0.39 is 0 Å². The Morgan fingerprint density at radius 3 is 2.64 bits per heavy atom. The minimum atomic E-state index is -0.266. The van der Waals surface area contributed by atoms with Gasteiger partial charge in [-0.2, -0.15) is 0 Å². The number of carbonyl (C=O) groups is 1. The SMILES string of the molecule is COCC(=O)CSc1ccc(F)cc1. The second-order valence-electron chi connectivity index (χ2n) is 2.71. The van der Waals surface area contributed by atoms with Gasteiger partial charge >= 0.3 is 0 Å². The Morgan fingerprint density at radius 1 is 1.43 bits per heavy atom. The monoisotopic (exact) mass is 214 g/mol. The van der Waals surface area contributed by atoms with Crippen LogP contribution in [0.25, 0.3) is 0 Å². The Kier molecular flexibility index (Phi) is 4.62. The van der Waals surface area contributed by atoms with E-state index in [-0.39, 0.29) is 18.2 Å². The van der Waals surface area contributed by atoms with Crippen molar-refractivity contribution in [3.63, 3.8) is 0 Å². The molecule has 0 radical (unpaired) electrons. The van der Waals surface area contributed by atoms with Crippen LogP contribution in [0, 0.1) is 5.82 Å². The van der Waals surface area contributed by atoms with Crippen molar-refractivity contribution >= 4 is 17.5 Å². The van der Waals surface area contributed by atoms with Crippen LogP contribution in [-0.4, -0.2) is 25.3 Å². The molecule has 76 valence electrons. The van der Waals surface area contributed by atoms with Gasteiger partial charge in [0.25, 0.3) is 0 Å². The van der Waals surface area contributed by atoms with Crippen molar-refractivity contribution in [1.82, 2.24) is 0 Å². The normalized spacial score (nSPS) is 10.1. The Hall–Kier alpha value is -0.870. The third-order valence-corrected chi connectivity index (χ3v) is 2.59. The van der Waals surface area contributed by atoms with Gasteiger partial charge in [-0.1, -0.05) is 0 Å². The minimum absolute atomic E-state index is 0.0295. The molecular formula is C10H11FO2S. The van der Waals surface area contributed by atoms with Gasteiger partial charge in [-0.3, -0.25) is 4.79 Å². The molecule has 0 bridgehead atoms. The molecule has 0 saturated carbocycles. The van der Waals surface area contributed by atoms with Crippen LogP contribution in [-0.2, 0) is 9.53 Å². The fraction of sp³-hybridized carbons (Fsp3) is 0.300. The lowest BCUT2D eigenvalue weighted by Gasteiger charge is -2.00. The Morgan fingerprint density at radius 2 is 2.07 bits per heavy atom. The molecule has 0 aliphatic rings. The molecule has 0 atom stereocenters. The largest absolute Gasteiger partial charge is 0.377 e. The zero-order chi connectivity index (χ0) is 10.4. The third kappa shape index (κ3) is 3.89. The molecule has 1 aromatic carbocycles. The van der Waals surface area contributed by atoms with Crippen molar-refractivity contribution in [3.8, 4) is 0 Å². The molecule has 4 heteroatoms. The molecule has 1 aromatic rings. The summed E-state index contributed by atoms with van der Waals surface area (Å²) in [4.78, 5) is 11.9. The van der Waals surface area contributed by atoms with Crippen molar-refractivity contribution in [2.24, 2.45) is 0 Å². The lowest BCUT2D eigenvalue weighted by atomic mass is 10.4. The van der Waals surface area contributed by atoms with Gasteiger partial charge in [-0.15, -0.1) is 11.8 Å². The Bertz CT molecular complexity index is 297. The molecule has 0 N–H and O–H groups in total. The maximum Gasteiger partial charge on any atom is 0.168 e. The van der Waals surface area contributed by atoms with E-state index in [1.807, 2.05) is 0 Å². The van der Waals surface area contributed by atoms with E-state index in [2.05, 4.69) is 4.74 Å². The summed E-state index contributed by atoms with van der Waals surface area (Å²) in [7, 11) is 1.49. The number of methoxy groups -OCH3 is 1. The molecule has 0 aromatic heterocycles. The zero-order valence-corrected chi connectivity index (χ0v) is 8.64. The number of hydrogen-bond donors (Lipinski definition) is 0. The highest BCUT2D eigenvalue weighted by Crippen LogP contribution is 2.17. The van der Waals surface area contributed by atoms with Gasteiger partial charge in [-0.05, 0) is 24.3 Å². The van der Waals surface area contributed by atoms with Crippen LogP contribution in [0.3, 0.4) is 0 Å². The highest BCUT2D eigenvalue weighted by atomic mass is 32.2. The predicted octanol–water partition coefficient (Wildman–Crippen LogP) is 2.13.